The second-order valence-electron chi connectivity index (χ2n) is 4.73. The zero-order valence-corrected chi connectivity index (χ0v) is 11.3. The number of nitrogens with zero attached hydrogens (tertiary/aromatic N) is 2. The smallest absolute Gasteiger partial charge is 0.133 e. The minimum absolute atomic E-state index is 0.393. The molecule has 1 unspecified atom stereocenters. The lowest BCUT2D eigenvalue weighted by molar-refractivity contribution is -0.117. The summed E-state index contributed by atoms with van der Waals surface area (Å²) in [7, 11) is 0. The van der Waals surface area contributed by atoms with Gasteiger partial charge in [-0.05, 0) is 32.1 Å². The Balaban J connectivity index is 2.19. The summed E-state index contributed by atoms with van der Waals surface area (Å²) >= 11 is 6.35. The Kier molecular flexibility index (Phi) is 3.87. The van der Waals surface area contributed by atoms with Crippen molar-refractivity contribution >= 4 is 17.4 Å². The van der Waals surface area contributed by atoms with Gasteiger partial charge < -0.3 is 0 Å². The Morgan fingerprint density at radius 1 is 1.47 bits per heavy atom. The zero-order chi connectivity index (χ0) is 12.4. The molecule has 0 aromatic carbocycles. The molecule has 0 saturated heterocycles. The lowest BCUT2D eigenvalue weighted by atomic mass is 10.0. The number of hydrogen-bond acceptors (Lipinski definition) is 2. The van der Waals surface area contributed by atoms with E-state index >= 15 is 0 Å². The molecule has 1 aromatic rings. The first kappa shape index (κ1) is 12.6. The van der Waals surface area contributed by atoms with Crippen molar-refractivity contribution in [1.82, 2.24) is 9.78 Å². The number of carbonyl (C=O) groups is 1. The number of rotatable bonds is 4. The molecule has 1 heterocycles. The topological polar surface area (TPSA) is 34.9 Å². The minimum Gasteiger partial charge on any atom is -0.300 e. The van der Waals surface area contributed by atoms with Crippen molar-refractivity contribution < 1.29 is 4.79 Å². The van der Waals surface area contributed by atoms with Gasteiger partial charge in [-0.15, -0.1) is 0 Å². The normalized spacial score (nSPS) is 20.2. The highest BCUT2D eigenvalue weighted by Gasteiger charge is 2.25. The highest BCUT2D eigenvalue weighted by molar-refractivity contribution is 6.31. The summed E-state index contributed by atoms with van der Waals surface area (Å²) in [5.41, 5.74) is 2.10. The summed E-state index contributed by atoms with van der Waals surface area (Å²) in [6, 6.07) is 0. The van der Waals surface area contributed by atoms with Gasteiger partial charge in [-0.25, -0.2) is 0 Å². The molecule has 1 aliphatic carbocycles. The third kappa shape index (κ3) is 2.54. The van der Waals surface area contributed by atoms with Crippen LogP contribution in [0.15, 0.2) is 0 Å². The molecule has 1 aromatic heterocycles. The number of halogens is 1. The molecule has 0 radical (unpaired) electrons. The van der Waals surface area contributed by atoms with Crippen LogP contribution in [-0.2, 0) is 24.2 Å². The molecule has 1 aliphatic rings. The second-order valence-corrected chi connectivity index (χ2v) is 5.11. The summed E-state index contributed by atoms with van der Waals surface area (Å²) in [4.78, 5) is 11.3. The van der Waals surface area contributed by atoms with Gasteiger partial charge in [0, 0.05) is 19.4 Å². The first-order valence-corrected chi connectivity index (χ1v) is 6.79. The third-order valence-electron chi connectivity index (χ3n) is 3.52. The summed E-state index contributed by atoms with van der Waals surface area (Å²) < 4.78 is 1.99. The maximum Gasteiger partial charge on any atom is 0.133 e. The van der Waals surface area contributed by atoms with E-state index in [1.54, 1.807) is 0 Å². The molecule has 0 bridgehead atoms. The molecule has 0 amide bonds. The molecule has 2 rings (SSSR count). The van der Waals surface area contributed by atoms with Crippen LogP contribution in [0.25, 0.3) is 0 Å². The molecule has 0 aliphatic heterocycles. The second kappa shape index (κ2) is 5.21. The highest BCUT2D eigenvalue weighted by Crippen LogP contribution is 2.30. The van der Waals surface area contributed by atoms with Gasteiger partial charge in [0.2, 0.25) is 0 Å². The molecule has 0 N–H and O–H groups in total. The molecule has 1 fully saturated rings. The van der Waals surface area contributed by atoms with Crippen LogP contribution < -0.4 is 0 Å². The average Bonchev–Trinajstić information content (AvgIpc) is 2.85. The molecule has 0 spiro atoms. The lowest BCUT2D eigenvalue weighted by Crippen LogP contribution is -2.08. The van der Waals surface area contributed by atoms with E-state index in [-0.39, 0.29) is 0 Å². The van der Waals surface area contributed by atoms with Crippen molar-refractivity contribution in [2.45, 2.75) is 52.5 Å². The lowest BCUT2D eigenvalue weighted by Gasteiger charge is -2.10. The van der Waals surface area contributed by atoms with Crippen LogP contribution in [0.3, 0.4) is 0 Å². The third-order valence-corrected chi connectivity index (χ3v) is 3.96. The SMILES string of the molecule is CCc1nn(CC)c(CC2CCC(=O)C2)c1Cl. The molecular formula is C13H19ClN2O. The molecule has 94 valence electrons. The summed E-state index contributed by atoms with van der Waals surface area (Å²) in [6.45, 7) is 4.98. The number of Topliss-reactive ketones (excluding diaryl/α,β-unsaturated/α-hetero) is 1. The van der Waals surface area contributed by atoms with E-state index in [0.717, 1.165) is 48.6 Å². The summed E-state index contributed by atoms with van der Waals surface area (Å²) in [5, 5.41) is 5.32. The number of aromatic nitrogens is 2. The maximum absolute atomic E-state index is 11.3. The van der Waals surface area contributed by atoms with Gasteiger partial charge in [-0.1, -0.05) is 18.5 Å². The van der Waals surface area contributed by atoms with Gasteiger partial charge in [0.25, 0.3) is 0 Å². The Bertz CT molecular complexity index is 425. The van der Waals surface area contributed by atoms with E-state index in [1.807, 2.05) is 4.68 Å². The number of carbonyl (C=O) groups excluding carboxylic acids is 1. The van der Waals surface area contributed by atoms with Gasteiger partial charge in [-0.2, -0.15) is 5.10 Å². The van der Waals surface area contributed by atoms with Crippen LogP contribution in [0, 0.1) is 5.92 Å². The Morgan fingerprint density at radius 2 is 2.24 bits per heavy atom. The maximum atomic E-state index is 11.3. The Morgan fingerprint density at radius 3 is 2.76 bits per heavy atom. The van der Waals surface area contributed by atoms with Gasteiger partial charge in [0.1, 0.15) is 5.78 Å². The van der Waals surface area contributed by atoms with Crippen LogP contribution in [0.1, 0.15) is 44.5 Å². The summed E-state index contributed by atoms with van der Waals surface area (Å²) in [6.07, 6.45) is 4.22. The number of hydrogen-bond donors (Lipinski definition) is 0. The quantitative estimate of drug-likeness (QED) is 0.828. The summed E-state index contributed by atoms with van der Waals surface area (Å²) in [5.74, 6) is 0.858. The molecule has 1 atom stereocenters. The van der Waals surface area contributed by atoms with Crippen LogP contribution in [0.2, 0.25) is 5.02 Å². The van der Waals surface area contributed by atoms with Crippen molar-refractivity contribution in [2.24, 2.45) is 5.92 Å². The van der Waals surface area contributed by atoms with Crippen molar-refractivity contribution in [2.75, 3.05) is 0 Å². The standard InChI is InChI=1S/C13H19ClN2O/c1-3-11-13(14)12(16(4-2)15-11)8-9-5-6-10(17)7-9/h9H,3-8H2,1-2H3. The van der Waals surface area contributed by atoms with Crippen molar-refractivity contribution in [1.29, 1.82) is 0 Å². The molecule has 4 heteroatoms. The predicted molar refractivity (Wildman–Crippen MR) is 68.3 cm³/mol. The van der Waals surface area contributed by atoms with Crippen molar-refractivity contribution in [3.63, 3.8) is 0 Å². The van der Waals surface area contributed by atoms with E-state index in [2.05, 4.69) is 18.9 Å². The van der Waals surface area contributed by atoms with E-state index < -0.39 is 0 Å². The van der Waals surface area contributed by atoms with Crippen LogP contribution in [-0.4, -0.2) is 15.6 Å². The largest absolute Gasteiger partial charge is 0.300 e. The molecule has 17 heavy (non-hydrogen) atoms. The average molecular weight is 255 g/mol. The first-order chi connectivity index (χ1) is 8.15. The van der Waals surface area contributed by atoms with E-state index in [1.165, 1.54) is 0 Å². The van der Waals surface area contributed by atoms with Crippen molar-refractivity contribution in [3.8, 4) is 0 Å². The van der Waals surface area contributed by atoms with Gasteiger partial charge >= 0.3 is 0 Å². The molecule has 1 saturated carbocycles. The zero-order valence-electron chi connectivity index (χ0n) is 10.5. The fraction of sp³-hybridized carbons (Fsp3) is 0.692. The van der Waals surface area contributed by atoms with Gasteiger partial charge in [-0.3, -0.25) is 9.48 Å². The monoisotopic (exact) mass is 254 g/mol. The Hall–Kier alpha value is -0.830. The van der Waals surface area contributed by atoms with Crippen LogP contribution in [0.4, 0.5) is 0 Å². The fourth-order valence-corrected chi connectivity index (χ4v) is 2.90. The minimum atomic E-state index is 0.393. The molecule has 3 nitrogen and oxygen atoms in total. The first-order valence-electron chi connectivity index (χ1n) is 6.41. The Labute approximate surface area is 107 Å². The van der Waals surface area contributed by atoms with E-state index in [0.29, 0.717) is 18.1 Å². The highest BCUT2D eigenvalue weighted by atomic mass is 35.5. The molecular weight excluding hydrogens is 236 g/mol. The number of aryl methyl sites for hydroxylation is 2. The predicted octanol–water partition coefficient (Wildman–Crippen LogP) is 3.03. The van der Waals surface area contributed by atoms with Crippen molar-refractivity contribution in [3.05, 3.63) is 16.4 Å². The van der Waals surface area contributed by atoms with Gasteiger partial charge in [0.15, 0.2) is 0 Å². The van der Waals surface area contributed by atoms with Gasteiger partial charge in [0.05, 0.1) is 16.4 Å². The fourth-order valence-electron chi connectivity index (χ4n) is 2.55. The van der Waals surface area contributed by atoms with Crippen LogP contribution >= 0.6 is 11.6 Å². The number of ketones is 1. The van der Waals surface area contributed by atoms with Crippen LogP contribution in [0.5, 0.6) is 0 Å². The van der Waals surface area contributed by atoms with E-state index in [4.69, 9.17) is 11.6 Å². The van der Waals surface area contributed by atoms with E-state index in [9.17, 15) is 4.79 Å².